The molecule has 0 atom stereocenters. The van der Waals surface area contributed by atoms with Crippen molar-refractivity contribution in [2.75, 3.05) is 18.5 Å². The molecule has 1 N–H and O–H groups in total. The number of hydrogen-bond acceptors (Lipinski definition) is 6. The fraction of sp³-hybridized carbons (Fsp3) is 0.360. The maximum atomic E-state index is 12.9. The summed E-state index contributed by atoms with van der Waals surface area (Å²) in [6, 6.07) is 13.3. The van der Waals surface area contributed by atoms with Crippen LogP contribution in [0.25, 0.3) is 5.69 Å². The third-order valence-electron chi connectivity index (χ3n) is 6.73. The zero-order valence-corrected chi connectivity index (χ0v) is 19.5. The molecular formula is C25H24ClN5O3. The zero-order chi connectivity index (χ0) is 23.8. The summed E-state index contributed by atoms with van der Waals surface area (Å²) in [5, 5.41) is 17.8. The first kappa shape index (κ1) is 22.5. The SMILES string of the molecule is Cc1c(C(=O)Nc2ccc(C3(C#N)CCC4(CC3)OCCO4)nc2)cnn1-c1ccc(Cl)cc1. The van der Waals surface area contributed by atoms with E-state index in [1.54, 1.807) is 29.1 Å². The maximum Gasteiger partial charge on any atom is 0.259 e. The van der Waals surface area contributed by atoms with Crippen LogP contribution >= 0.6 is 11.6 Å². The number of amides is 1. The van der Waals surface area contributed by atoms with Crippen molar-refractivity contribution < 1.29 is 14.3 Å². The minimum atomic E-state index is -0.681. The Morgan fingerprint density at radius 3 is 2.41 bits per heavy atom. The number of rotatable bonds is 4. The van der Waals surface area contributed by atoms with Crippen LogP contribution in [0.2, 0.25) is 5.02 Å². The number of nitrogens with one attached hydrogen (secondary N) is 1. The second kappa shape index (κ2) is 8.84. The lowest BCUT2D eigenvalue weighted by molar-refractivity contribution is -0.182. The summed E-state index contributed by atoms with van der Waals surface area (Å²) in [7, 11) is 0. The average molecular weight is 478 g/mol. The van der Waals surface area contributed by atoms with Gasteiger partial charge in [0.15, 0.2) is 5.79 Å². The molecule has 0 radical (unpaired) electrons. The summed E-state index contributed by atoms with van der Waals surface area (Å²) in [6.45, 7) is 3.04. The van der Waals surface area contributed by atoms with Gasteiger partial charge in [-0.25, -0.2) is 4.68 Å². The van der Waals surface area contributed by atoms with Crippen molar-refractivity contribution in [2.45, 2.75) is 43.8 Å². The van der Waals surface area contributed by atoms with Gasteiger partial charge in [0.05, 0.1) is 65.4 Å². The van der Waals surface area contributed by atoms with E-state index >= 15 is 0 Å². The van der Waals surface area contributed by atoms with Gasteiger partial charge in [-0.15, -0.1) is 0 Å². The molecule has 1 saturated heterocycles. The molecule has 1 aromatic carbocycles. The monoisotopic (exact) mass is 477 g/mol. The second-order valence-corrected chi connectivity index (χ2v) is 9.16. The number of carbonyl (C=O) groups excluding carboxylic acids is 1. The maximum absolute atomic E-state index is 12.9. The molecule has 1 saturated carbocycles. The Balaban J connectivity index is 1.29. The lowest BCUT2D eigenvalue weighted by Crippen LogP contribution is -2.41. The fourth-order valence-electron chi connectivity index (χ4n) is 4.69. The summed E-state index contributed by atoms with van der Waals surface area (Å²) >= 11 is 5.96. The normalized spacial score (nSPS) is 18.5. The third-order valence-corrected chi connectivity index (χ3v) is 6.98. The molecule has 34 heavy (non-hydrogen) atoms. The van der Waals surface area contributed by atoms with Gasteiger partial charge >= 0.3 is 0 Å². The molecule has 8 nitrogen and oxygen atoms in total. The summed E-state index contributed by atoms with van der Waals surface area (Å²) in [5.74, 6) is -0.819. The van der Waals surface area contributed by atoms with Crippen LogP contribution in [-0.2, 0) is 14.9 Å². The minimum Gasteiger partial charge on any atom is -0.348 e. The first-order valence-electron chi connectivity index (χ1n) is 11.2. The van der Waals surface area contributed by atoms with Crippen molar-refractivity contribution in [3.63, 3.8) is 0 Å². The number of pyridine rings is 1. The zero-order valence-electron chi connectivity index (χ0n) is 18.8. The summed E-state index contributed by atoms with van der Waals surface area (Å²) in [5.41, 5.74) is 2.56. The van der Waals surface area contributed by atoms with Gasteiger partial charge in [-0.3, -0.25) is 9.78 Å². The second-order valence-electron chi connectivity index (χ2n) is 8.72. The fourth-order valence-corrected chi connectivity index (χ4v) is 4.82. The molecular weight excluding hydrogens is 454 g/mol. The lowest BCUT2D eigenvalue weighted by atomic mass is 9.70. The highest BCUT2D eigenvalue weighted by Gasteiger charge is 2.48. The average Bonchev–Trinajstić information content (AvgIpc) is 3.48. The molecule has 9 heteroatoms. The molecule has 0 bridgehead atoms. The van der Waals surface area contributed by atoms with Crippen LogP contribution in [0, 0.1) is 18.3 Å². The van der Waals surface area contributed by atoms with Gasteiger partial charge in [0.1, 0.15) is 0 Å². The van der Waals surface area contributed by atoms with Crippen LogP contribution in [0.15, 0.2) is 48.8 Å². The number of ether oxygens (including phenoxy) is 2. The van der Waals surface area contributed by atoms with Gasteiger partial charge in [0.25, 0.3) is 5.91 Å². The molecule has 3 heterocycles. The van der Waals surface area contributed by atoms with Gasteiger partial charge < -0.3 is 14.8 Å². The Morgan fingerprint density at radius 1 is 1.09 bits per heavy atom. The summed E-state index contributed by atoms with van der Waals surface area (Å²) < 4.78 is 13.3. The standard InChI is InChI=1S/C25H24ClN5O3/c1-17-21(15-29-31(17)20-5-2-18(26)3-6-20)23(32)30-19-4-7-22(28-14-19)24(16-27)8-10-25(11-9-24)33-12-13-34-25/h2-7,14-15H,8-13H2,1H3,(H,30,32). The highest BCUT2D eigenvalue weighted by Crippen LogP contribution is 2.45. The van der Waals surface area contributed by atoms with Crippen LogP contribution in [-0.4, -0.2) is 39.7 Å². The van der Waals surface area contributed by atoms with Gasteiger partial charge in [0, 0.05) is 17.9 Å². The topological polar surface area (TPSA) is 102 Å². The molecule has 1 aliphatic heterocycles. The Morgan fingerprint density at radius 2 is 1.79 bits per heavy atom. The molecule has 2 aliphatic rings. The third kappa shape index (κ3) is 4.07. The van der Waals surface area contributed by atoms with Gasteiger partial charge in [-0.1, -0.05) is 11.6 Å². The molecule has 1 spiro atoms. The van der Waals surface area contributed by atoms with Crippen LogP contribution in [0.1, 0.15) is 47.4 Å². The number of aromatic nitrogens is 3. The molecule has 1 aliphatic carbocycles. The number of benzene rings is 1. The molecule has 2 fully saturated rings. The van der Waals surface area contributed by atoms with Gasteiger partial charge in [-0.05, 0) is 56.2 Å². The van der Waals surface area contributed by atoms with E-state index in [0.717, 1.165) is 5.69 Å². The van der Waals surface area contributed by atoms with E-state index in [2.05, 4.69) is 21.5 Å². The highest BCUT2D eigenvalue weighted by molar-refractivity contribution is 6.30. The van der Waals surface area contributed by atoms with Crippen LogP contribution in [0.5, 0.6) is 0 Å². The van der Waals surface area contributed by atoms with Crippen molar-refractivity contribution >= 4 is 23.2 Å². The van der Waals surface area contributed by atoms with Crippen molar-refractivity contribution in [2.24, 2.45) is 0 Å². The van der Waals surface area contributed by atoms with Crippen molar-refractivity contribution in [1.82, 2.24) is 14.8 Å². The van der Waals surface area contributed by atoms with Gasteiger partial charge in [0.2, 0.25) is 0 Å². The Hall–Kier alpha value is -3.25. The van der Waals surface area contributed by atoms with Crippen LogP contribution < -0.4 is 5.32 Å². The number of nitriles is 1. The van der Waals surface area contributed by atoms with Crippen LogP contribution in [0.4, 0.5) is 5.69 Å². The quantitative estimate of drug-likeness (QED) is 0.591. The van der Waals surface area contributed by atoms with E-state index in [1.807, 2.05) is 25.1 Å². The molecule has 1 amide bonds. The number of nitrogens with zero attached hydrogens (tertiary/aromatic N) is 4. The van der Waals surface area contributed by atoms with Crippen molar-refractivity contribution in [1.29, 1.82) is 5.26 Å². The molecule has 3 aromatic rings. The van der Waals surface area contributed by atoms with E-state index in [4.69, 9.17) is 21.1 Å². The first-order valence-corrected chi connectivity index (χ1v) is 11.6. The predicted octanol–water partition coefficient (Wildman–Crippen LogP) is 4.56. The molecule has 0 unspecified atom stereocenters. The first-order chi connectivity index (χ1) is 16.4. The van der Waals surface area contributed by atoms with E-state index < -0.39 is 11.2 Å². The summed E-state index contributed by atoms with van der Waals surface area (Å²) in [4.78, 5) is 17.4. The number of carbonyl (C=O) groups is 1. The Labute approximate surface area is 202 Å². The molecule has 2 aromatic heterocycles. The predicted molar refractivity (Wildman–Crippen MR) is 126 cm³/mol. The number of anilines is 1. The number of hydrogen-bond donors (Lipinski definition) is 1. The highest BCUT2D eigenvalue weighted by atomic mass is 35.5. The largest absolute Gasteiger partial charge is 0.348 e. The van der Waals surface area contributed by atoms with E-state index in [0.29, 0.717) is 66.6 Å². The van der Waals surface area contributed by atoms with Crippen LogP contribution in [0.3, 0.4) is 0 Å². The van der Waals surface area contributed by atoms with E-state index in [-0.39, 0.29) is 5.91 Å². The lowest BCUT2D eigenvalue weighted by Gasteiger charge is -2.39. The van der Waals surface area contributed by atoms with E-state index in [1.165, 1.54) is 6.20 Å². The van der Waals surface area contributed by atoms with E-state index in [9.17, 15) is 10.1 Å². The van der Waals surface area contributed by atoms with Crippen molar-refractivity contribution in [3.8, 4) is 11.8 Å². The minimum absolute atomic E-state index is 0.280. The molecule has 174 valence electrons. The summed E-state index contributed by atoms with van der Waals surface area (Å²) in [6.07, 6.45) is 5.70. The van der Waals surface area contributed by atoms with Gasteiger partial charge in [-0.2, -0.15) is 10.4 Å². The Kier molecular flexibility index (Phi) is 5.86. The number of halogens is 1. The Bertz CT molecular complexity index is 1230. The smallest absolute Gasteiger partial charge is 0.259 e. The molecule has 5 rings (SSSR count). The van der Waals surface area contributed by atoms with Crippen molar-refractivity contribution in [3.05, 3.63) is 70.8 Å².